The van der Waals surface area contributed by atoms with Crippen LogP contribution >= 0.6 is 0 Å². The van der Waals surface area contributed by atoms with Gasteiger partial charge in [-0.1, -0.05) is 19.6 Å². The second kappa shape index (κ2) is 7.87. The van der Waals surface area contributed by atoms with Crippen molar-refractivity contribution in [2.24, 2.45) is 0 Å². The number of anilines is 2. The van der Waals surface area contributed by atoms with Crippen molar-refractivity contribution >= 4 is 28.2 Å². The van der Waals surface area contributed by atoms with Crippen LogP contribution in [0.2, 0.25) is 0 Å². The summed E-state index contributed by atoms with van der Waals surface area (Å²) in [5.41, 5.74) is 8.98. The maximum Gasteiger partial charge on any atom is 0.255 e. The van der Waals surface area contributed by atoms with Gasteiger partial charge in [0.1, 0.15) is 5.82 Å². The number of fused-ring (bicyclic) bond motifs is 1. The van der Waals surface area contributed by atoms with Gasteiger partial charge in [0.25, 0.3) is 5.91 Å². The number of rotatable bonds is 4. The van der Waals surface area contributed by atoms with Gasteiger partial charge in [-0.25, -0.2) is 4.39 Å². The Morgan fingerprint density at radius 3 is 2.71 bits per heavy atom. The molecule has 0 aliphatic rings. The Labute approximate surface area is 161 Å². The lowest BCUT2D eigenvalue weighted by Crippen LogP contribution is -2.13. The number of nitrogens with one attached hydrogen (secondary N) is 1. The molecule has 0 spiro atoms. The zero-order valence-corrected chi connectivity index (χ0v) is 14.3. The summed E-state index contributed by atoms with van der Waals surface area (Å²) in [6.45, 7) is 0.389. The molecule has 0 atom stereocenters. The van der Waals surface area contributed by atoms with Gasteiger partial charge in [-0.05, 0) is 42.0 Å². The summed E-state index contributed by atoms with van der Waals surface area (Å²) in [5.74, 6) is -0.639. The van der Waals surface area contributed by atoms with Crippen LogP contribution in [-0.4, -0.2) is 20.7 Å². The molecular formula is C21H20FN5O. The first kappa shape index (κ1) is 19.0. The number of amides is 1. The number of para-hydroxylation sites is 2. The van der Waals surface area contributed by atoms with E-state index in [9.17, 15) is 9.18 Å². The van der Waals surface area contributed by atoms with Crippen LogP contribution in [0.4, 0.5) is 15.8 Å². The van der Waals surface area contributed by atoms with Gasteiger partial charge in [0.05, 0.1) is 35.8 Å². The summed E-state index contributed by atoms with van der Waals surface area (Å²) in [6.07, 6.45) is 4.44. The van der Waals surface area contributed by atoms with Crippen molar-refractivity contribution in [2.75, 3.05) is 11.1 Å². The fraction of sp³-hybridized carbons (Fsp3) is 0.0952. The van der Waals surface area contributed by atoms with Crippen LogP contribution in [-0.2, 0) is 6.54 Å². The lowest BCUT2D eigenvalue weighted by atomic mass is 10.1. The second-order valence-corrected chi connectivity index (χ2v) is 6.13. The molecule has 142 valence electrons. The number of hydrogen-bond acceptors (Lipinski definition) is 4. The fourth-order valence-corrected chi connectivity index (χ4v) is 2.87. The molecule has 3 N–H and O–H groups in total. The van der Waals surface area contributed by atoms with Crippen molar-refractivity contribution in [3.05, 3.63) is 84.1 Å². The number of aromatic nitrogens is 3. The Kier molecular flexibility index (Phi) is 5.35. The van der Waals surface area contributed by atoms with E-state index in [-0.39, 0.29) is 19.2 Å². The molecule has 2 heterocycles. The molecule has 2 aromatic heterocycles. The fourth-order valence-electron chi connectivity index (χ4n) is 2.87. The average molecular weight is 377 g/mol. The predicted octanol–water partition coefficient (Wildman–Crippen LogP) is 4.09. The Bertz CT molecular complexity index is 1140. The van der Waals surface area contributed by atoms with Crippen molar-refractivity contribution in [3.8, 4) is 0 Å². The third-order valence-electron chi connectivity index (χ3n) is 4.21. The number of hydrogen-bond donors (Lipinski definition) is 2. The number of nitrogens with zero attached hydrogens (tertiary/aromatic N) is 3. The van der Waals surface area contributed by atoms with E-state index >= 15 is 0 Å². The highest BCUT2D eigenvalue weighted by Crippen LogP contribution is 2.21. The third-order valence-corrected chi connectivity index (χ3v) is 4.21. The minimum absolute atomic E-state index is 0. The smallest absolute Gasteiger partial charge is 0.255 e. The number of pyridine rings is 1. The molecule has 4 rings (SSSR count). The lowest BCUT2D eigenvalue weighted by molar-refractivity contribution is 0.102. The topological polar surface area (TPSA) is 85.8 Å². The number of carbonyl (C=O) groups excluding carboxylic acids is 1. The van der Waals surface area contributed by atoms with Crippen molar-refractivity contribution in [2.45, 2.75) is 14.0 Å². The van der Waals surface area contributed by atoms with Gasteiger partial charge < -0.3 is 11.1 Å². The minimum atomic E-state index is -0.386. The first-order chi connectivity index (χ1) is 13.1. The number of benzene rings is 2. The Morgan fingerprint density at radius 1 is 1.11 bits per heavy atom. The monoisotopic (exact) mass is 377 g/mol. The zero-order chi connectivity index (χ0) is 18.8. The summed E-state index contributed by atoms with van der Waals surface area (Å²) in [6, 6.07) is 13.8. The van der Waals surface area contributed by atoms with Gasteiger partial charge in [0.15, 0.2) is 0 Å². The molecule has 28 heavy (non-hydrogen) atoms. The van der Waals surface area contributed by atoms with Crippen molar-refractivity contribution in [1.29, 1.82) is 0 Å². The molecule has 2 aromatic carbocycles. The van der Waals surface area contributed by atoms with E-state index in [2.05, 4.69) is 15.4 Å². The molecule has 4 aromatic rings. The molecule has 1 amide bonds. The van der Waals surface area contributed by atoms with E-state index in [1.54, 1.807) is 53.5 Å². The summed E-state index contributed by atoms with van der Waals surface area (Å²) < 4.78 is 15.1. The van der Waals surface area contributed by atoms with Crippen LogP contribution in [0, 0.1) is 5.82 Å². The van der Waals surface area contributed by atoms with E-state index in [4.69, 9.17) is 5.73 Å². The molecule has 0 bridgehead atoms. The molecule has 0 saturated carbocycles. The maximum absolute atomic E-state index is 13.3. The molecule has 7 heteroatoms. The minimum Gasteiger partial charge on any atom is -0.397 e. The highest BCUT2D eigenvalue weighted by atomic mass is 19.1. The van der Waals surface area contributed by atoms with Gasteiger partial charge in [-0.2, -0.15) is 5.10 Å². The van der Waals surface area contributed by atoms with E-state index < -0.39 is 0 Å². The largest absolute Gasteiger partial charge is 0.397 e. The highest BCUT2D eigenvalue weighted by molar-refractivity contribution is 6.07. The highest BCUT2D eigenvalue weighted by Gasteiger charge is 2.11. The molecular weight excluding hydrogens is 357 g/mol. The summed E-state index contributed by atoms with van der Waals surface area (Å²) in [7, 11) is 0. The van der Waals surface area contributed by atoms with Crippen LogP contribution in [0.3, 0.4) is 0 Å². The quantitative estimate of drug-likeness (QED) is 0.525. The molecule has 0 unspecified atom stereocenters. The summed E-state index contributed by atoms with van der Waals surface area (Å²) >= 11 is 0. The van der Waals surface area contributed by atoms with E-state index in [0.717, 1.165) is 17.1 Å². The van der Waals surface area contributed by atoms with Gasteiger partial charge in [0, 0.05) is 17.1 Å². The van der Waals surface area contributed by atoms with Crippen LogP contribution < -0.4 is 11.1 Å². The Balaban J connectivity index is 0.00000225. The van der Waals surface area contributed by atoms with Crippen LogP contribution in [0.15, 0.2) is 67.1 Å². The number of carbonyl (C=O) groups is 1. The molecule has 6 nitrogen and oxygen atoms in total. The lowest BCUT2D eigenvalue weighted by Gasteiger charge is -2.08. The third kappa shape index (κ3) is 3.83. The van der Waals surface area contributed by atoms with Crippen molar-refractivity contribution < 1.29 is 9.18 Å². The van der Waals surface area contributed by atoms with Crippen molar-refractivity contribution in [3.63, 3.8) is 0 Å². The first-order valence-corrected chi connectivity index (χ1v) is 8.31. The van der Waals surface area contributed by atoms with Gasteiger partial charge in [0.2, 0.25) is 0 Å². The van der Waals surface area contributed by atoms with Gasteiger partial charge in [-0.15, -0.1) is 0 Å². The van der Waals surface area contributed by atoms with Crippen LogP contribution in [0.1, 0.15) is 23.3 Å². The first-order valence-electron chi connectivity index (χ1n) is 8.31. The van der Waals surface area contributed by atoms with E-state index in [0.29, 0.717) is 29.0 Å². The Morgan fingerprint density at radius 2 is 1.93 bits per heavy atom. The maximum atomic E-state index is 13.3. The normalized spacial score (nSPS) is 10.5. The second-order valence-electron chi connectivity index (χ2n) is 6.13. The number of halogens is 1. The molecule has 0 fully saturated rings. The van der Waals surface area contributed by atoms with Gasteiger partial charge >= 0.3 is 0 Å². The Hall–Kier alpha value is -3.74. The average Bonchev–Trinajstić information content (AvgIpc) is 3.06. The standard InChI is InChI=1S/C20H16FN5O.CH4/c21-16-7-13(9-23-11-16)12-26-19-6-5-14(8-15(19)10-24-26)20(27)25-18-4-2-1-3-17(18)22;/h1-11H,12,22H2,(H,25,27);1H4. The molecule has 0 saturated heterocycles. The van der Waals surface area contributed by atoms with Crippen molar-refractivity contribution in [1.82, 2.24) is 14.8 Å². The SMILES string of the molecule is C.Nc1ccccc1NC(=O)c1ccc2c(cnn2Cc2cncc(F)c2)c1. The van der Waals surface area contributed by atoms with Crippen LogP contribution in [0.5, 0.6) is 0 Å². The van der Waals surface area contributed by atoms with Gasteiger partial charge in [-0.3, -0.25) is 14.5 Å². The molecule has 0 aliphatic heterocycles. The molecule has 0 aliphatic carbocycles. The van der Waals surface area contributed by atoms with E-state index in [1.807, 2.05) is 6.07 Å². The summed E-state index contributed by atoms with van der Waals surface area (Å²) in [4.78, 5) is 16.4. The van der Waals surface area contributed by atoms with E-state index in [1.165, 1.54) is 6.07 Å². The predicted molar refractivity (Wildman–Crippen MR) is 109 cm³/mol. The van der Waals surface area contributed by atoms with Crippen LogP contribution in [0.25, 0.3) is 10.9 Å². The summed E-state index contributed by atoms with van der Waals surface area (Å²) in [5, 5.41) is 7.95. The number of nitrogens with two attached hydrogens (primary N) is 1. The zero-order valence-electron chi connectivity index (χ0n) is 14.3. The molecule has 0 radical (unpaired) electrons. The number of nitrogen functional groups attached to an aromatic ring is 1.